The topological polar surface area (TPSA) is 62.5 Å². The van der Waals surface area contributed by atoms with Gasteiger partial charge in [-0.1, -0.05) is 23.4 Å². The van der Waals surface area contributed by atoms with Crippen LogP contribution in [0, 0.1) is 0 Å². The molecule has 6 nitrogen and oxygen atoms in total. The van der Waals surface area contributed by atoms with E-state index in [1.165, 1.54) is 0 Å². The molecule has 0 bridgehead atoms. The first-order chi connectivity index (χ1) is 13.3. The number of hydrogen-bond acceptors (Lipinski definition) is 5. The van der Waals surface area contributed by atoms with Crippen molar-refractivity contribution in [3.05, 3.63) is 53.4 Å². The molecular formula is C21H22N4O2. The van der Waals surface area contributed by atoms with E-state index in [9.17, 15) is 4.79 Å². The van der Waals surface area contributed by atoms with Crippen molar-refractivity contribution in [1.82, 2.24) is 15.0 Å². The number of piperazine rings is 1. The average Bonchev–Trinajstić information content (AvgIpc) is 3.17. The van der Waals surface area contributed by atoms with Crippen molar-refractivity contribution >= 4 is 22.6 Å². The fraction of sp³-hybridized carbons (Fsp3) is 0.381. The Morgan fingerprint density at radius 1 is 0.963 bits per heavy atom. The van der Waals surface area contributed by atoms with Crippen LogP contribution in [0.1, 0.15) is 34.7 Å². The lowest BCUT2D eigenvalue weighted by atomic mass is 9.96. The minimum absolute atomic E-state index is 0.0169. The number of amides is 1. The van der Waals surface area contributed by atoms with E-state index < -0.39 is 0 Å². The number of fused-ring (bicyclic) bond motifs is 2. The highest BCUT2D eigenvalue weighted by Gasteiger charge is 2.30. The third kappa shape index (κ3) is 2.95. The molecule has 3 aromatic rings. The zero-order valence-electron chi connectivity index (χ0n) is 15.2. The van der Waals surface area contributed by atoms with Gasteiger partial charge < -0.3 is 14.3 Å². The van der Waals surface area contributed by atoms with Gasteiger partial charge in [-0.3, -0.25) is 4.79 Å². The summed E-state index contributed by atoms with van der Waals surface area (Å²) in [7, 11) is 0. The van der Waals surface area contributed by atoms with E-state index in [1.807, 2.05) is 23.1 Å². The van der Waals surface area contributed by atoms with Gasteiger partial charge in [0.15, 0.2) is 0 Å². The molecule has 5 rings (SSSR count). The van der Waals surface area contributed by atoms with Gasteiger partial charge in [0.25, 0.3) is 5.91 Å². The number of carbonyl (C=O) groups is 1. The van der Waals surface area contributed by atoms with Crippen molar-refractivity contribution in [3.8, 4) is 0 Å². The summed E-state index contributed by atoms with van der Waals surface area (Å²) in [6.07, 6.45) is 4.06. The fourth-order valence-electron chi connectivity index (χ4n) is 4.07. The lowest BCUT2D eigenvalue weighted by Crippen LogP contribution is -2.49. The number of carbonyl (C=O) groups excluding carboxylic acids is 1. The Labute approximate surface area is 157 Å². The second-order valence-corrected chi connectivity index (χ2v) is 7.29. The summed E-state index contributed by atoms with van der Waals surface area (Å²) in [5.74, 6) is 1.41. The molecule has 1 aliphatic carbocycles. The molecule has 0 atom stereocenters. The normalized spacial score (nSPS) is 17.2. The minimum Gasteiger partial charge on any atom is -0.353 e. The Morgan fingerprint density at radius 3 is 2.67 bits per heavy atom. The molecule has 27 heavy (non-hydrogen) atoms. The molecular weight excluding hydrogens is 340 g/mol. The number of benzene rings is 1. The molecule has 1 aromatic carbocycles. The van der Waals surface area contributed by atoms with Crippen LogP contribution in [-0.2, 0) is 12.8 Å². The predicted molar refractivity (Wildman–Crippen MR) is 103 cm³/mol. The van der Waals surface area contributed by atoms with Crippen molar-refractivity contribution in [2.24, 2.45) is 0 Å². The predicted octanol–water partition coefficient (Wildman–Crippen LogP) is 3.06. The molecule has 1 amide bonds. The SMILES string of the molecule is O=C(c1onc2c1CCCC2)N1CCN(c2ccc3ccccc3n2)CC1. The maximum Gasteiger partial charge on any atom is 0.292 e. The molecule has 0 spiro atoms. The molecule has 0 unspecified atom stereocenters. The molecule has 138 valence electrons. The number of anilines is 1. The number of pyridine rings is 1. The Morgan fingerprint density at radius 2 is 1.78 bits per heavy atom. The van der Waals surface area contributed by atoms with Gasteiger partial charge in [-0.2, -0.15) is 0 Å². The summed E-state index contributed by atoms with van der Waals surface area (Å²) in [4.78, 5) is 21.8. The molecule has 6 heteroatoms. The quantitative estimate of drug-likeness (QED) is 0.701. The fourth-order valence-corrected chi connectivity index (χ4v) is 4.07. The summed E-state index contributed by atoms with van der Waals surface area (Å²) in [6, 6.07) is 12.3. The third-order valence-electron chi connectivity index (χ3n) is 5.63. The molecule has 1 fully saturated rings. The molecule has 2 aliphatic rings. The maximum absolute atomic E-state index is 12.9. The van der Waals surface area contributed by atoms with Gasteiger partial charge in [0.2, 0.25) is 5.76 Å². The first-order valence-electron chi connectivity index (χ1n) is 9.67. The zero-order valence-corrected chi connectivity index (χ0v) is 15.2. The van der Waals surface area contributed by atoms with Crippen LogP contribution >= 0.6 is 0 Å². The van der Waals surface area contributed by atoms with Gasteiger partial charge in [-0.15, -0.1) is 0 Å². The van der Waals surface area contributed by atoms with E-state index in [0.717, 1.165) is 66.8 Å². The average molecular weight is 362 g/mol. The third-order valence-corrected chi connectivity index (χ3v) is 5.63. The van der Waals surface area contributed by atoms with Crippen LogP contribution in [0.2, 0.25) is 0 Å². The van der Waals surface area contributed by atoms with Crippen molar-refractivity contribution in [3.63, 3.8) is 0 Å². The largest absolute Gasteiger partial charge is 0.353 e. The van der Waals surface area contributed by atoms with Crippen molar-refractivity contribution in [1.29, 1.82) is 0 Å². The number of para-hydroxylation sites is 1. The Kier molecular flexibility index (Phi) is 4.03. The van der Waals surface area contributed by atoms with Crippen LogP contribution in [-0.4, -0.2) is 47.1 Å². The molecule has 3 heterocycles. The van der Waals surface area contributed by atoms with Crippen LogP contribution < -0.4 is 4.90 Å². The lowest BCUT2D eigenvalue weighted by molar-refractivity contribution is 0.0703. The highest BCUT2D eigenvalue weighted by atomic mass is 16.5. The standard InChI is InChI=1S/C21H22N4O2/c26-21(20-16-6-2-4-8-18(16)23-27-20)25-13-11-24(12-14-25)19-10-9-15-5-1-3-7-17(15)22-19/h1,3,5,7,9-10H,2,4,6,8,11-14H2. The van der Waals surface area contributed by atoms with E-state index in [-0.39, 0.29) is 5.91 Å². The molecule has 0 radical (unpaired) electrons. The van der Waals surface area contributed by atoms with Gasteiger partial charge in [0.1, 0.15) is 5.82 Å². The first kappa shape index (κ1) is 16.3. The van der Waals surface area contributed by atoms with Gasteiger partial charge in [0.05, 0.1) is 11.2 Å². The van der Waals surface area contributed by atoms with Crippen LogP contribution in [0.3, 0.4) is 0 Å². The highest BCUT2D eigenvalue weighted by molar-refractivity contribution is 5.93. The van der Waals surface area contributed by atoms with E-state index >= 15 is 0 Å². The minimum atomic E-state index is -0.0169. The summed E-state index contributed by atoms with van der Waals surface area (Å²) < 4.78 is 5.43. The van der Waals surface area contributed by atoms with E-state index in [2.05, 4.69) is 28.3 Å². The molecule has 1 aliphatic heterocycles. The van der Waals surface area contributed by atoms with Crippen molar-refractivity contribution < 1.29 is 9.32 Å². The van der Waals surface area contributed by atoms with E-state index in [0.29, 0.717) is 18.8 Å². The first-order valence-corrected chi connectivity index (χ1v) is 9.67. The van der Waals surface area contributed by atoms with Crippen LogP contribution in [0.4, 0.5) is 5.82 Å². The van der Waals surface area contributed by atoms with Gasteiger partial charge in [-0.05, 0) is 43.9 Å². The van der Waals surface area contributed by atoms with Crippen molar-refractivity contribution in [2.75, 3.05) is 31.1 Å². The van der Waals surface area contributed by atoms with E-state index in [4.69, 9.17) is 9.51 Å². The smallest absolute Gasteiger partial charge is 0.292 e. The maximum atomic E-state index is 12.9. The Hall–Kier alpha value is -2.89. The second kappa shape index (κ2) is 6.68. The van der Waals surface area contributed by atoms with E-state index in [1.54, 1.807) is 0 Å². The lowest BCUT2D eigenvalue weighted by Gasteiger charge is -2.35. The Balaban J connectivity index is 1.29. The summed E-state index contributed by atoms with van der Waals surface area (Å²) in [6.45, 7) is 2.88. The number of rotatable bonds is 2. The van der Waals surface area contributed by atoms with Crippen LogP contribution in [0.25, 0.3) is 10.9 Å². The highest BCUT2D eigenvalue weighted by Crippen LogP contribution is 2.26. The number of hydrogen-bond donors (Lipinski definition) is 0. The van der Waals surface area contributed by atoms with Gasteiger partial charge in [0, 0.05) is 37.1 Å². The zero-order chi connectivity index (χ0) is 18.2. The van der Waals surface area contributed by atoms with Crippen molar-refractivity contribution in [2.45, 2.75) is 25.7 Å². The molecule has 2 aromatic heterocycles. The van der Waals surface area contributed by atoms with Crippen LogP contribution in [0.5, 0.6) is 0 Å². The Bertz CT molecular complexity index is 989. The van der Waals surface area contributed by atoms with Gasteiger partial charge in [-0.25, -0.2) is 4.98 Å². The van der Waals surface area contributed by atoms with Crippen LogP contribution in [0.15, 0.2) is 40.9 Å². The molecule has 0 N–H and O–H groups in total. The number of aromatic nitrogens is 2. The monoisotopic (exact) mass is 362 g/mol. The molecule has 1 saturated heterocycles. The summed E-state index contributed by atoms with van der Waals surface area (Å²) in [5.41, 5.74) is 3.01. The summed E-state index contributed by atoms with van der Waals surface area (Å²) >= 11 is 0. The number of aryl methyl sites for hydroxylation is 1. The molecule has 0 saturated carbocycles. The van der Waals surface area contributed by atoms with Gasteiger partial charge >= 0.3 is 0 Å². The second-order valence-electron chi connectivity index (χ2n) is 7.29. The summed E-state index contributed by atoms with van der Waals surface area (Å²) in [5, 5.41) is 5.26. The number of nitrogens with zero attached hydrogens (tertiary/aromatic N) is 4.